The average molecular weight is 749 g/mol. The fourth-order valence-electron chi connectivity index (χ4n) is 10.3. The number of aliphatic hydroxyl groups is 3. The number of allylic oxidation sites excluding steroid dienone is 1. The Morgan fingerprint density at radius 3 is 2.11 bits per heavy atom. The summed E-state index contributed by atoms with van der Waals surface area (Å²) in [7, 11) is 3.17. The molecule has 0 spiro atoms. The number of aliphatic hydroxyl groups excluding tert-OH is 3. The first-order chi connectivity index (χ1) is 25.3. The van der Waals surface area contributed by atoms with E-state index < -0.39 is 79.9 Å². The summed E-state index contributed by atoms with van der Waals surface area (Å²) >= 11 is 0. The molecule has 3 saturated heterocycles. The third-order valence-electron chi connectivity index (χ3n) is 13.4. The largest absolute Gasteiger partial charge is 0.469 e. The lowest BCUT2D eigenvalue weighted by Gasteiger charge is -2.54. The second-order valence-electron chi connectivity index (χ2n) is 16.5. The maximum Gasteiger partial charge on any atom is 0.161 e. The number of fused-ring (bicyclic) bond motifs is 3. The van der Waals surface area contributed by atoms with Crippen molar-refractivity contribution in [3.8, 4) is 0 Å². The molecule has 298 valence electrons. The minimum absolute atomic E-state index is 0.0626. The van der Waals surface area contributed by atoms with Gasteiger partial charge in [-0.05, 0) is 77.2 Å². The number of hydrogen-bond donors (Lipinski definition) is 3. The van der Waals surface area contributed by atoms with Crippen molar-refractivity contribution in [2.45, 2.75) is 178 Å². The minimum Gasteiger partial charge on any atom is -0.469 e. The maximum atomic E-state index is 13.8. The van der Waals surface area contributed by atoms with Gasteiger partial charge < -0.3 is 57.6 Å². The smallest absolute Gasteiger partial charge is 0.161 e. The molecule has 0 aromatic carbocycles. The number of carbonyl (C=O) groups is 1. The molecule has 5 fully saturated rings. The molecule has 7 rings (SSSR count). The number of carbonyl (C=O) groups excluding carboxylic acids is 1. The number of furan rings is 1. The summed E-state index contributed by atoms with van der Waals surface area (Å²) in [6, 6.07) is 1.94. The maximum absolute atomic E-state index is 13.8. The summed E-state index contributed by atoms with van der Waals surface area (Å²) in [6.45, 7) is 9.63. The standard InChI is InChI=1S/C40H60O13/c1-19-24(12-13-47-19)25-10-11-27-26(37(25)44)9-8-23-14-30(29(42)18-40(23,27)5)51-34-17-32(46-7)39(22(4)50-34)53-33-15-28(41)38(21(3)49-33)52-35-16-31(45-6)36(43)20(2)48-35/h8,12-13,20-22,25-36,38-39,41-43H,9-11,14-18H2,1-7H3/t20-,21-,22-,25+,26+,27+,28-,29+,30+,31-,32-,33+,34+,35+,36-,38-,39-,40-/m1/s1. The van der Waals surface area contributed by atoms with Crippen LogP contribution >= 0.6 is 0 Å². The highest BCUT2D eigenvalue weighted by atomic mass is 16.7. The normalized spacial score (nSPS) is 47.8. The summed E-state index contributed by atoms with van der Waals surface area (Å²) < 4.78 is 54.3. The molecule has 0 amide bonds. The first-order valence-electron chi connectivity index (χ1n) is 19.6. The zero-order valence-corrected chi connectivity index (χ0v) is 32.1. The number of ether oxygens (including phenoxy) is 8. The Kier molecular flexibility index (Phi) is 11.9. The van der Waals surface area contributed by atoms with Crippen molar-refractivity contribution in [3.05, 3.63) is 35.3 Å². The Labute approximate surface area is 312 Å². The lowest BCUT2D eigenvalue weighted by Crippen LogP contribution is -2.57. The van der Waals surface area contributed by atoms with Crippen molar-refractivity contribution >= 4 is 5.78 Å². The predicted octanol–water partition coefficient (Wildman–Crippen LogP) is 4.07. The van der Waals surface area contributed by atoms with Gasteiger partial charge in [-0.15, -0.1) is 0 Å². The van der Waals surface area contributed by atoms with Crippen LogP contribution in [0.5, 0.6) is 0 Å². The predicted molar refractivity (Wildman–Crippen MR) is 189 cm³/mol. The average Bonchev–Trinajstić information content (AvgIpc) is 3.54. The SMILES string of the molecule is CO[C@@H]1C[C@H](O[C@H]2[C@H](O)C[C@H](O[C@@H]3[C@@H](C)O[C@@H](O[C@H]4CC5=CC[C@@H]6C(=O)[C@H](c7ccoc7C)CC[C@@H]6[C@]5(C)C[C@@H]4O)C[C@H]3OC)O[C@@H]2C)O[C@H](C)[C@H]1O. The fraction of sp³-hybridized carbons (Fsp3) is 0.825. The Morgan fingerprint density at radius 2 is 1.43 bits per heavy atom. The van der Waals surface area contributed by atoms with E-state index in [1.807, 2.05) is 26.8 Å². The highest BCUT2D eigenvalue weighted by Gasteiger charge is 2.55. The summed E-state index contributed by atoms with van der Waals surface area (Å²) in [6.07, 6.45) is 0.130. The molecular weight excluding hydrogens is 688 g/mol. The van der Waals surface area contributed by atoms with Crippen molar-refractivity contribution in [1.82, 2.24) is 0 Å². The lowest BCUT2D eigenvalue weighted by atomic mass is 9.51. The van der Waals surface area contributed by atoms with Crippen LogP contribution in [-0.4, -0.2) is 121 Å². The van der Waals surface area contributed by atoms with E-state index in [0.29, 0.717) is 37.9 Å². The topological polar surface area (TPSA) is 165 Å². The highest BCUT2D eigenvalue weighted by molar-refractivity contribution is 5.89. The van der Waals surface area contributed by atoms with Crippen LogP contribution in [0.25, 0.3) is 0 Å². The van der Waals surface area contributed by atoms with Gasteiger partial charge in [0.15, 0.2) is 18.9 Å². The Morgan fingerprint density at radius 1 is 0.792 bits per heavy atom. The van der Waals surface area contributed by atoms with Crippen LogP contribution in [0, 0.1) is 24.2 Å². The molecule has 3 N–H and O–H groups in total. The monoisotopic (exact) mass is 748 g/mol. The number of hydrogen-bond acceptors (Lipinski definition) is 13. The van der Waals surface area contributed by atoms with Crippen molar-refractivity contribution in [3.63, 3.8) is 0 Å². The summed E-state index contributed by atoms with van der Waals surface area (Å²) in [5.41, 5.74) is 2.00. The molecule has 2 saturated carbocycles. The van der Waals surface area contributed by atoms with Gasteiger partial charge in [0.1, 0.15) is 29.9 Å². The Bertz CT molecular complexity index is 1430. The molecule has 13 nitrogen and oxygen atoms in total. The molecule has 0 bridgehead atoms. The van der Waals surface area contributed by atoms with Crippen LogP contribution in [0.1, 0.15) is 96.3 Å². The van der Waals surface area contributed by atoms with Gasteiger partial charge in [0.05, 0.1) is 55.1 Å². The van der Waals surface area contributed by atoms with Crippen LogP contribution in [0.15, 0.2) is 28.4 Å². The molecule has 1 aromatic heterocycles. The fourth-order valence-corrected chi connectivity index (χ4v) is 10.3. The van der Waals surface area contributed by atoms with Crippen LogP contribution in [0.3, 0.4) is 0 Å². The van der Waals surface area contributed by atoms with Crippen LogP contribution in [0.4, 0.5) is 0 Å². The molecule has 18 atom stereocenters. The van der Waals surface area contributed by atoms with Gasteiger partial charge in [-0.25, -0.2) is 0 Å². The van der Waals surface area contributed by atoms with Gasteiger partial charge in [-0.3, -0.25) is 4.79 Å². The van der Waals surface area contributed by atoms with E-state index in [2.05, 4.69) is 13.0 Å². The Balaban J connectivity index is 0.932. The molecule has 3 aliphatic heterocycles. The summed E-state index contributed by atoms with van der Waals surface area (Å²) in [5.74, 6) is 1.11. The van der Waals surface area contributed by atoms with E-state index >= 15 is 0 Å². The van der Waals surface area contributed by atoms with Crippen LogP contribution in [0.2, 0.25) is 0 Å². The quantitative estimate of drug-likeness (QED) is 0.310. The van der Waals surface area contributed by atoms with E-state index in [4.69, 9.17) is 42.3 Å². The van der Waals surface area contributed by atoms with Crippen molar-refractivity contribution < 1.29 is 62.4 Å². The number of aryl methyl sites for hydroxylation is 1. The van der Waals surface area contributed by atoms with Crippen molar-refractivity contribution in [1.29, 1.82) is 0 Å². The summed E-state index contributed by atoms with van der Waals surface area (Å²) in [5, 5.41) is 33.0. The van der Waals surface area contributed by atoms with Crippen LogP contribution in [-0.2, 0) is 42.7 Å². The Hall–Kier alpha value is -1.75. The molecular formula is C40H60O13. The molecule has 3 aliphatic carbocycles. The van der Waals surface area contributed by atoms with E-state index in [0.717, 1.165) is 24.2 Å². The van der Waals surface area contributed by atoms with E-state index in [-0.39, 0.29) is 35.7 Å². The molecule has 0 radical (unpaired) electrons. The van der Waals surface area contributed by atoms with E-state index in [9.17, 15) is 20.1 Å². The minimum atomic E-state index is -0.885. The van der Waals surface area contributed by atoms with Crippen LogP contribution < -0.4 is 0 Å². The van der Waals surface area contributed by atoms with Crippen molar-refractivity contribution in [2.75, 3.05) is 14.2 Å². The molecule has 0 unspecified atom stereocenters. The number of Topliss-reactive ketones (excluding diaryl/α,β-unsaturated/α-hetero) is 1. The second-order valence-corrected chi connectivity index (χ2v) is 16.5. The molecule has 1 aromatic rings. The van der Waals surface area contributed by atoms with Crippen molar-refractivity contribution in [2.24, 2.45) is 17.3 Å². The highest BCUT2D eigenvalue weighted by Crippen LogP contribution is 2.58. The zero-order valence-electron chi connectivity index (χ0n) is 32.1. The third kappa shape index (κ3) is 7.70. The van der Waals surface area contributed by atoms with Gasteiger partial charge in [-0.1, -0.05) is 18.6 Å². The number of rotatable bonds is 9. The van der Waals surface area contributed by atoms with E-state index in [1.165, 1.54) is 5.57 Å². The zero-order chi connectivity index (χ0) is 37.8. The molecule has 4 heterocycles. The van der Waals surface area contributed by atoms with Gasteiger partial charge in [0.25, 0.3) is 0 Å². The van der Waals surface area contributed by atoms with E-state index in [1.54, 1.807) is 27.4 Å². The molecule has 53 heavy (non-hydrogen) atoms. The summed E-state index contributed by atoms with van der Waals surface area (Å²) in [4.78, 5) is 13.8. The number of ketones is 1. The van der Waals surface area contributed by atoms with Gasteiger partial charge >= 0.3 is 0 Å². The molecule has 13 heteroatoms. The van der Waals surface area contributed by atoms with Gasteiger partial charge in [-0.2, -0.15) is 0 Å². The number of methoxy groups -OCH3 is 2. The molecule has 6 aliphatic rings. The first-order valence-corrected chi connectivity index (χ1v) is 19.6. The second kappa shape index (κ2) is 16.0. The lowest BCUT2D eigenvalue weighted by molar-refractivity contribution is -0.338. The first kappa shape index (κ1) is 39.5. The van der Waals surface area contributed by atoms with Gasteiger partial charge in [0.2, 0.25) is 0 Å². The third-order valence-corrected chi connectivity index (χ3v) is 13.4. The van der Waals surface area contributed by atoms with Gasteiger partial charge in [0, 0.05) is 50.9 Å².